The van der Waals surface area contributed by atoms with Crippen molar-refractivity contribution in [2.24, 2.45) is 0 Å². The molecule has 2 heterocycles. The summed E-state index contributed by atoms with van der Waals surface area (Å²) in [6.07, 6.45) is 2.95. The second-order valence-corrected chi connectivity index (χ2v) is 5.29. The van der Waals surface area contributed by atoms with Crippen LogP contribution in [0, 0.1) is 6.92 Å². The molecule has 0 radical (unpaired) electrons. The molecule has 3 aromatic rings. The molecule has 2 aromatic heterocycles. The van der Waals surface area contributed by atoms with Crippen molar-refractivity contribution in [2.45, 2.75) is 6.92 Å². The molecule has 2 amide bonds. The molecule has 132 valence electrons. The number of amides is 2. The number of ether oxygens (including phenoxy) is 1. The van der Waals surface area contributed by atoms with Gasteiger partial charge in [0.1, 0.15) is 5.75 Å². The lowest BCUT2D eigenvalue weighted by Gasteiger charge is -2.07. The van der Waals surface area contributed by atoms with Crippen molar-refractivity contribution in [3.8, 4) is 11.4 Å². The van der Waals surface area contributed by atoms with Crippen molar-refractivity contribution in [3.63, 3.8) is 0 Å². The van der Waals surface area contributed by atoms with E-state index in [0.29, 0.717) is 22.7 Å². The molecule has 0 aliphatic carbocycles. The third kappa shape index (κ3) is 3.51. The van der Waals surface area contributed by atoms with E-state index < -0.39 is 11.8 Å². The van der Waals surface area contributed by atoms with Gasteiger partial charge in [-0.2, -0.15) is 0 Å². The summed E-state index contributed by atoms with van der Waals surface area (Å²) in [5.74, 6) is -0.398. The van der Waals surface area contributed by atoms with Gasteiger partial charge in [0.15, 0.2) is 5.69 Å². The standard InChI is InChI=1S/C17H16N6O3/c1-11-15(17(25)21-20-16(24)12-5-4-8-18-10-12)19-22-23(11)13-6-3-7-14(9-13)26-2/h3-10H,1-2H3,(H,20,24)(H,21,25). The van der Waals surface area contributed by atoms with Gasteiger partial charge >= 0.3 is 0 Å². The maximum absolute atomic E-state index is 12.3. The molecule has 0 atom stereocenters. The Morgan fingerprint density at radius 1 is 1.12 bits per heavy atom. The molecule has 1 aromatic carbocycles. The molecular formula is C17H16N6O3. The van der Waals surface area contributed by atoms with Crippen LogP contribution in [0.25, 0.3) is 5.69 Å². The number of carbonyl (C=O) groups excluding carboxylic acids is 2. The van der Waals surface area contributed by atoms with Crippen LogP contribution in [-0.4, -0.2) is 38.9 Å². The third-order valence-electron chi connectivity index (χ3n) is 3.62. The molecule has 3 rings (SSSR count). The molecule has 2 N–H and O–H groups in total. The second kappa shape index (κ2) is 7.43. The van der Waals surface area contributed by atoms with E-state index in [1.807, 2.05) is 12.1 Å². The molecule has 0 saturated heterocycles. The van der Waals surface area contributed by atoms with Crippen LogP contribution in [0.1, 0.15) is 26.5 Å². The van der Waals surface area contributed by atoms with Crippen molar-refractivity contribution >= 4 is 11.8 Å². The number of carbonyl (C=O) groups is 2. The Labute approximate surface area is 149 Å². The lowest BCUT2D eigenvalue weighted by Crippen LogP contribution is -2.42. The fourth-order valence-corrected chi connectivity index (χ4v) is 2.27. The molecule has 9 nitrogen and oxygen atoms in total. The van der Waals surface area contributed by atoms with Crippen molar-refractivity contribution in [2.75, 3.05) is 7.11 Å². The zero-order valence-electron chi connectivity index (χ0n) is 14.1. The smallest absolute Gasteiger partial charge is 0.292 e. The molecule has 0 spiro atoms. The predicted molar refractivity (Wildman–Crippen MR) is 91.8 cm³/mol. The van der Waals surface area contributed by atoms with E-state index in [2.05, 4.69) is 26.1 Å². The highest BCUT2D eigenvalue weighted by Crippen LogP contribution is 2.18. The summed E-state index contributed by atoms with van der Waals surface area (Å²) in [5.41, 5.74) is 6.28. The van der Waals surface area contributed by atoms with Gasteiger partial charge in [0, 0.05) is 18.5 Å². The van der Waals surface area contributed by atoms with Crippen molar-refractivity contribution in [1.82, 2.24) is 30.8 Å². The Bertz CT molecular complexity index is 939. The lowest BCUT2D eigenvalue weighted by atomic mass is 10.2. The molecular weight excluding hydrogens is 336 g/mol. The Hall–Kier alpha value is -3.75. The first-order chi connectivity index (χ1) is 12.6. The first kappa shape index (κ1) is 17.1. The number of hydrogen-bond donors (Lipinski definition) is 2. The molecule has 0 aliphatic rings. The van der Waals surface area contributed by atoms with Crippen LogP contribution in [0.4, 0.5) is 0 Å². The van der Waals surface area contributed by atoms with Gasteiger partial charge in [0.05, 0.1) is 24.1 Å². The Kier molecular flexibility index (Phi) is 4.88. The minimum atomic E-state index is -0.575. The highest BCUT2D eigenvalue weighted by Gasteiger charge is 2.18. The maximum atomic E-state index is 12.3. The van der Waals surface area contributed by atoms with E-state index in [0.717, 1.165) is 0 Å². The van der Waals surface area contributed by atoms with E-state index in [4.69, 9.17) is 4.74 Å². The highest BCUT2D eigenvalue weighted by atomic mass is 16.5. The number of pyridine rings is 1. The van der Waals surface area contributed by atoms with Crippen LogP contribution in [0.15, 0.2) is 48.8 Å². The maximum Gasteiger partial charge on any atom is 0.292 e. The largest absolute Gasteiger partial charge is 0.497 e. The topological polar surface area (TPSA) is 111 Å². The zero-order valence-corrected chi connectivity index (χ0v) is 14.1. The number of aromatic nitrogens is 4. The summed E-state index contributed by atoms with van der Waals surface area (Å²) in [5, 5.41) is 7.89. The number of hydrogen-bond acceptors (Lipinski definition) is 6. The highest BCUT2D eigenvalue weighted by molar-refractivity contribution is 5.98. The number of benzene rings is 1. The van der Waals surface area contributed by atoms with E-state index in [-0.39, 0.29) is 5.69 Å². The summed E-state index contributed by atoms with van der Waals surface area (Å²) < 4.78 is 6.70. The lowest BCUT2D eigenvalue weighted by molar-refractivity contribution is 0.0843. The summed E-state index contributed by atoms with van der Waals surface area (Å²) in [7, 11) is 1.57. The Balaban J connectivity index is 1.73. The van der Waals surface area contributed by atoms with Gasteiger partial charge in [-0.15, -0.1) is 5.10 Å². The monoisotopic (exact) mass is 352 g/mol. The van der Waals surface area contributed by atoms with Crippen molar-refractivity contribution in [3.05, 3.63) is 65.7 Å². The summed E-state index contributed by atoms with van der Waals surface area (Å²) in [4.78, 5) is 28.1. The second-order valence-electron chi connectivity index (χ2n) is 5.29. The number of rotatable bonds is 4. The van der Waals surface area contributed by atoms with Gasteiger partial charge in [-0.1, -0.05) is 11.3 Å². The van der Waals surface area contributed by atoms with Crippen molar-refractivity contribution < 1.29 is 14.3 Å². The van der Waals surface area contributed by atoms with Gasteiger partial charge in [0.25, 0.3) is 11.8 Å². The van der Waals surface area contributed by atoms with Crippen LogP contribution in [-0.2, 0) is 0 Å². The number of nitrogens with zero attached hydrogens (tertiary/aromatic N) is 4. The summed E-state index contributed by atoms with van der Waals surface area (Å²) in [6, 6.07) is 10.4. The first-order valence-corrected chi connectivity index (χ1v) is 7.67. The predicted octanol–water partition coefficient (Wildman–Crippen LogP) is 1.05. The van der Waals surface area contributed by atoms with Gasteiger partial charge < -0.3 is 4.74 Å². The molecule has 0 aliphatic heterocycles. The summed E-state index contributed by atoms with van der Waals surface area (Å²) >= 11 is 0. The fourth-order valence-electron chi connectivity index (χ4n) is 2.27. The van der Waals surface area contributed by atoms with Crippen LogP contribution < -0.4 is 15.6 Å². The molecule has 0 unspecified atom stereocenters. The van der Waals surface area contributed by atoms with Crippen molar-refractivity contribution in [1.29, 1.82) is 0 Å². The SMILES string of the molecule is COc1cccc(-n2nnc(C(=O)NNC(=O)c3cccnc3)c2C)c1. The Morgan fingerprint density at radius 3 is 2.65 bits per heavy atom. The fraction of sp³-hybridized carbons (Fsp3) is 0.118. The van der Waals surface area contributed by atoms with Gasteiger partial charge in [-0.3, -0.25) is 25.4 Å². The molecule has 0 bridgehead atoms. The van der Waals surface area contributed by atoms with E-state index in [9.17, 15) is 9.59 Å². The van der Waals surface area contributed by atoms with Crippen LogP contribution >= 0.6 is 0 Å². The quantitative estimate of drug-likeness (QED) is 0.679. The van der Waals surface area contributed by atoms with Gasteiger partial charge in [-0.25, -0.2) is 4.68 Å². The van der Waals surface area contributed by atoms with Crippen LogP contribution in [0.3, 0.4) is 0 Å². The minimum absolute atomic E-state index is 0.0966. The van der Waals surface area contributed by atoms with Gasteiger partial charge in [0.2, 0.25) is 0 Å². The van der Waals surface area contributed by atoms with E-state index in [1.165, 1.54) is 10.9 Å². The molecule has 0 saturated carbocycles. The first-order valence-electron chi connectivity index (χ1n) is 7.67. The number of nitrogens with one attached hydrogen (secondary N) is 2. The normalized spacial score (nSPS) is 10.2. The number of hydrazine groups is 1. The van der Waals surface area contributed by atoms with E-state index >= 15 is 0 Å². The van der Waals surface area contributed by atoms with Gasteiger partial charge in [-0.05, 0) is 31.2 Å². The number of methoxy groups -OCH3 is 1. The molecule has 0 fully saturated rings. The van der Waals surface area contributed by atoms with Crippen LogP contribution in [0.5, 0.6) is 5.75 Å². The third-order valence-corrected chi connectivity index (χ3v) is 3.62. The minimum Gasteiger partial charge on any atom is -0.497 e. The van der Waals surface area contributed by atoms with E-state index in [1.54, 1.807) is 44.5 Å². The molecule has 26 heavy (non-hydrogen) atoms. The Morgan fingerprint density at radius 2 is 1.92 bits per heavy atom. The average molecular weight is 352 g/mol. The molecule has 9 heteroatoms. The summed E-state index contributed by atoms with van der Waals surface area (Å²) in [6.45, 7) is 1.71. The van der Waals surface area contributed by atoms with Crippen LogP contribution in [0.2, 0.25) is 0 Å². The average Bonchev–Trinajstić information content (AvgIpc) is 3.08. The zero-order chi connectivity index (χ0) is 18.5.